The van der Waals surface area contributed by atoms with Crippen LogP contribution < -0.4 is 0 Å². The topological polar surface area (TPSA) is 79.5 Å². The van der Waals surface area contributed by atoms with Gasteiger partial charge in [0, 0.05) is 42.7 Å². The van der Waals surface area contributed by atoms with Crippen molar-refractivity contribution in [3.8, 4) is 11.4 Å². The number of rotatable bonds is 5. The normalized spacial score (nSPS) is 22.3. The van der Waals surface area contributed by atoms with E-state index >= 15 is 0 Å². The number of hydrogen-bond donors (Lipinski definition) is 0. The van der Waals surface area contributed by atoms with Gasteiger partial charge in [0.1, 0.15) is 0 Å². The summed E-state index contributed by atoms with van der Waals surface area (Å²) in [6.45, 7) is 4.83. The van der Waals surface area contributed by atoms with E-state index in [1.54, 1.807) is 17.4 Å². The third kappa shape index (κ3) is 3.47. The van der Waals surface area contributed by atoms with Gasteiger partial charge in [0.25, 0.3) is 10.2 Å². The number of benzene rings is 1. The van der Waals surface area contributed by atoms with Crippen LogP contribution in [-0.2, 0) is 10.2 Å². The summed E-state index contributed by atoms with van der Waals surface area (Å²) in [6, 6.07) is 7.32. The van der Waals surface area contributed by atoms with Gasteiger partial charge in [-0.2, -0.15) is 22.0 Å². The Hall–Kier alpha value is -1.48. The molecule has 4 rings (SSSR count). The smallest absolute Gasteiger partial charge is 0.281 e. The molecule has 1 aromatic heterocycles. The molecule has 7 nitrogen and oxygen atoms in total. The fraction of sp³-hybridized carbons (Fsp3) is 0.579. The molecule has 2 fully saturated rings. The predicted molar refractivity (Wildman–Crippen MR) is 107 cm³/mol. The quantitative estimate of drug-likeness (QED) is 0.733. The lowest BCUT2D eigenvalue weighted by molar-refractivity contribution is 0.228. The van der Waals surface area contributed by atoms with E-state index in [2.05, 4.69) is 10.1 Å². The molecule has 2 aromatic rings. The standard InChI is InChI=1S/C19H25ClN4O3S/c1-13(2)23(3)28(25,26)24-9-7-19(8-10-24)12-16(19)18-21-17(22-27-18)14-5-4-6-15(20)11-14/h4-6,11,13,16H,7-10,12H2,1-3H3/t16-/m1/s1. The molecule has 0 bridgehead atoms. The minimum absolute atomic E-state index is 0.0575. The Morgan fingerprint density at radius 3 is 2.68 bits per heavy atom. The van der Waals surface area contributed by atoms with Crippen molar-refractivity contribution in [2.24, 2.45) is 5.41 Å². The molecule has 1 aliphatic carbocycles. The molecule has 1 aliphatic heterocycles. The zero-order chi connectivity index (χ0) is 20.1. The molecule has 28 heavy (non-hydrogen) atoms. The average Bonchev–Trinajstić information content (AvgIpc) is 3.13. The van der Waals surface area contributed by atoms with Crippen LogP contribution in [0.15, 0.2) is 28.8 Å². The second-order valence-corrected chi connectivity index (χ2v) is 10.5. The number of nitrogens with zero attached hydrogens (tertiary/aromatic N) is 4. The Morgan fingerprint density at radius 1 is 1.32 bits per heavy atom. The minimum Gasteiger partial charge on any atom is -0.339 e. The summed E-state index contributed by atoms with van der Waals surface area (Å²) in [4.78, 5) is 4.58. The Kier molecular flexibility index (Phi) is 5.02. The Labute approximate surface area is 170 Å². The number of halogens is 1. The molecule has 0 radical (unpaired) electrons. The number of piperidine rings is 1. The van der Waals surface area contributed by atoms with E-state index in [-0.39, 0.29) is 17.4 Å². The molecule has 2 heterocycles. The average molecular weight is 425 g/mol. The lowest BCUT2D eigenvalue weighted by Crippen LogP contribution is -2.48. The fourth-order valence-corrected chi connectivity index (χ4v) is 5.71. The molecule has 1 atom stereocenters. The zero-order valence-corrected chi connectivity index (χ0v) is 17.9. The first kappa shape index (κ1) is 19.8. The van der Waals surface area contributed by atoms with Crippen molar-refractivity contribution in [2.75, 3.05) is 20.1 Å². The zero-order valence-electron chi connectivity index (χ0n) is 16.3. The van der Waals surface area contributed by atoms with Crippen LogP contribution in [0.5, 0.6) is 0 Å². The molecule has 0 unspecified atom stereocenters. The number of hydrogen-bond acceptors (Lipinski definition) is 5. The molecule has 1 aromatic carbocycles. The molecule has 9 heteroatoms. The van der Waals surface area contributed by atoms with Crippen molar-refractivity contribution < 1.29 is 12.9 Å². The minimum atomic E-state index is -3.40. The van der Waals surface area contributed by atoms with Gasteiger partial charge >= 0.3 is 0 Å². The summed E-state index contributed by atoms with van der Waals surface area (Å²) in [5, 5.41) is 4.74. The van der Waals surface area contributed by atoms with Gasteiger partial charge in [-0.25, -0.2) is 0 Å². The Balaban J connectivity index is 1.43. The highest BCUT2D eigenvalue weighted by atomic mass is 35.5. The first-order valence-electron chi connectivity index (χ1n) is 9.56. The monoisotopic (exact) mass is 424 g/mol. The molecule has 1 saturated heterocycles. The van der Waals surface area contributed by atoms with Gasteiger partial charge in [0.2, 0.25) is 11.7 Å². The first-order chi connectivity index (χ1) is 13.2. The van der Waals surface area contributed by atoms with Crippen LogP contribution in [0.25, 0.3) is 11.4 Å². The van der Waals surface area contributed by atoms with Crippen LogP contribution in [0.4, 0.5) is 0 Å². The number of aromatic nitrogens is 2. The van der Waals surface area contributed by atoms with Crippen molar-refractivity contribution in [1.82, 2.24) is 18.8 Å². The van der Waals surface area contributed by atoms with Crippen LogP contribution in [-0.4, -0.2) is 53.3 Å². The summed E-state index contributed by atoms with van der Waals surface area (Å²) < 4.78 is 34.0. The molecule has 1 saturated carbocycles. The van der Waals surface area contributed by atoms with Gasteiger partial charge in [-0.1, -0.05) is 28.9 Å². The maximum Gasteiger partial charge on any atom is 0.281 e. The fourth-order valence-electron chi connectivity index (χ4n) is 3.98. The van der Waals surface area contributed by atoms with E-state index in [9.17, 15) is 8.42 Å². The molecular weight excluding hydrogens is 400 g/mol. The van der Waals surface area contributed by atoms with Gasteiger partial charge in [-0.05, 0) is 50.7 Å². The van der Waals surface area contributed by atoms with Crippen LogP contribution in [0, 0.1) is 5.41 Å². The molecule has 0 amide bonds. The van der Waals surface area contributed by atoms with E-state index in [1.165, 1.54) is 4.31 Å². The van der Waals surface area contributed by atoms with Crippen LogP contribution in [0.2, 0.25) is 5.02 Å². The summed E-state index contributed by atoms with van der Waals surface area (Å²) >= 11 is 6.04. The highest BCUT2D eigenvalue weighted by molar-refractivity contribution is 7.86. The van der Waals surface area contributed by atoms with Gasteiger partial charge in [-0.15, -0.1) is 0 Å². The lowest BCUT2D eigenvalue weighted by Gasteiger charge is -2.35. The second-order valence-electron chi connectivity index (χ2n) is 8.10. The third-order valence-electron chi connectivity index (χ3n) is 6.15. The molecule has 1 spiro atoms. The summed E-state index contributed by atoms with van der Waals surface area (Å²) in [6.07, 6.45) is 2.60. The molecule has 152 valence electrons. The second kappa shape index (κ2) is 7.09. The first-order valence-corrected chi connectivity index (χ1v) is 11.3. The predicted octanol–water partition coefficient (Wildman–Crippen LogP) is 3.54. The van der Waals surface area contributed by atoms with Gasteiger partial charge in [-0.3, -0.25) is 0 Å². The lowest BCUT2D eigenvalue weighted by atomic mass is 9.92. The van der Waals surface area contributed by atoms with Gasteiger partial charge < -0.3 is 4.52 Å². The van der Waals surface area contributed by atoms with E-state index in [0.29, 0.717) is 29.8 Å². The van der Waals surface area contributed by atoms with Crippen LogP contribution in [0.3, 0.4) is 0 Å². The van der Waals surface area contributed by atoms with Crippen LogP contribution >= 0.6 is 11.6 Å². The highest BCUT2D eigenvalue weighted by Crippen LogP contribution is 2.64. The van der Waals surface area contributed by atoms with E-state index in [1.807, 2.05) is 32.0 Å². The largest absolute Gasteiger partial charge is 0.339 e. The maximum atomic E-state index is 12.7. The summed E-state index contributed by atoms with van der Waals surface area (Å²) in [5.74, 6) is 1.39. The van der Waals surface area contributed by atoms with E-state index < -0.39 is 10.2 Å². The Bertz CT molecular complexity index is 967. The van der Waals surface area contributed by atoms with Gasteiger partial charge in [0.15, 0.2) is 0 Å². The summed E-state index contributed by atoms with van der Waals surface area (Å²) in [7, 11) is -1.76. The van der Waals surface area contributed by atoms with Crippen molar-refractivity contribution in [2.45, 2.75) is 45.1 Å². The van der Waals surface area contributed by atoms with E-state index in [4.69, 9.17) is 16.1 Å². The third-order valence-corrected chi connectivity index (χ3v) is 8.55. The van der Waals surface area contributed by atoms with Crippen LogP contribution in [0.1, 0.15) is 44.9 Å². The maximum absolute atomic E-state index is 12.7. The molecular formula is C19H25ClN4O3S. The van der Waals surface area contributed by atoms with Crippen molar-refractivity contribution >= 4 is 21.8 Å². The highest BCUT2D eigenvalue weighted by Gasteiger charge is 2.59. The van der Waals surface area contributed by atoms with E-state index in [0.717, 1.165) is 24.8 Å². The summed E-state index contributed by atoms with van der Waals surface area (Å²) in [5.41, 5.74) is 0.912. The molecule has 0 N–H and O–H groups in total. The van der Waals surface area contributed by atoms with Crippen molar-refractivity contribution in [3.63, 3.8) is 0 Å². The van der Waals surface area contributed by atoms with Crippen molar-refractivity contribution in [3.05, 3.63) is 35.2 Å². The van der Waals surface area contributed by atoms with Gasteiger partial charge in [0.05, 0.1) is 0 Å². The SMILES string of the molecule is CC(C)N(C)S(=O)(=O)N1CCC2(CC1)C[C@@H]2c1nc(-c2cccc(Cl)c2)no1. The molecule has 2 aliphatic rings. The Morgan fingerprint density at radius 2 is 2.04 bits per heavy atom. The van der Waals surface area contributed by atoms with Crippen molar-refractivity contribution in [1.29, 1.82) is 0 Å².